The first-order chi connectivity index (χ1) is 15.7. The number of nitrogens with zero attached hydrogens (tertiary/aromatic N) is 3. The van der Waals surface area contributed by atoms with E-state index >= 15 is 0 Å². The fraction of sp³-hybridized carbons (Fsp3) is 0.348. The number of benzene rings is 2. The van der Waals surface area contributed by atoms with Gasteiger partial charge in [-0.05, 0) is 42.8 Å². The van der Waals surface area contributed by atoms with Crippen LogP contribution in [0.3, 0.4) is 0 Å². The van der Waals surface area contributed by atoms with Crippen LogP contribution in [0.2, 0.25) is 0 Å². The summed E-state index contributed by atoms with van der Waals surface area (Å²) < 4.78 is 39.2. The molecule has 2 heterocycles. The number of rotatable bonds is 4. The van der Waals surface area contributed by atoms with Crippen molar-refractivity contribution in [3.63, 3.8) is 0 Å². The van der Waals surface area contributed by atoms with Crippen molar-refractivity contribution in [1.29, 1.82) is 0 Å². The van der Waals surface area contributed by atoms with Gasteiger partial charge in [0.2, 0.25) is 0 Å². The van der Waals surface area contributed by atoms with Crippen molar-refractivity contribution in [3.05, 3.63) is 80.0 Å². The SMILES string of the molecule is CCn1c(=O)[nH]c2cc(C(=O)N3CCN(Cc4ccc(C(F)(F)F)cc4)CC3)ccc2c1=O. The molecule has 4 rings (SSSR count). The van der Waals surface area contributed by atoms with E-state index in [2.05, 4.69) is 9.88 Å². The van der Waals surface area contributed by atoms with Crippen molar-refractivity contribution < 1.29 is 18.0 Å². The first kappa shape index (κ1) is 22.8. The van der Waals surface area contributed by atoms with E-state index in [0.29, 0.717) is 49.2 Å². The summed E-state index contributed by atoms with van der Waals surface area (Å²) in [4.78, 5) is 43.9. The van der Waals surface area contributed by atoms with E-state index in [1.54, 1.807) is 24.0 Å². The Balaban J connectivity index is 1.41. The molecule has 174 valence electrons. The van der Waals surface area contributed by atoms with Gasteiger partial charge in [0.25, 0.3) is 11.5 Å². The van der Waals surface area contributed by atoms with Gasteiger partial charge in [0.1, 0.15) is 0 Å². The number of aromatic nitrogens is 2. The third kappa shape index (κ3) is 4.70. The van der Waals surface area contributed by atoms with Crippen molar-refractivity contribution >= 4 is 16.8 Å². The predicted octanol–water partition coefficient (Wildman–Crippen LogP) is 2.69. The summed E-state index contributed by atoms with van der Waals surface area (Å²) in [6.07, 6.45) is -4.35. The number of hydrogen-bond acceptors (Lipinski definition) is 4. The van der Waals surface area contributed by atoms with Gasteiger partial charge in [-0.25, -0.2) is 4.79 Å². The van der Waals surface area contributed by atoms with E-state index in [1.807, 2.05) is 0 Å². The number of amides is 1. The number of carbonyl (C=O) groups is 1. The van der Waals surface area contributed by atoms with Crippen LogP contribution in [0.5, 0.6) is 0 Å². The summed E-state index contributed by atoms with van der Waals surface area (Å²) in [5.74, 6) is -0.202. The number of aromatic amines is 1. The van der Waals surface area contributed by atoms with Gasteiger partial charge in [-0.15, -0.1) is 0 Å². The zero-order valence-corrected chi connectivity index (χ0v) is 18.0. The molecule has 1 N–H and O–H groups in total. The third-order valence-corrected chi connectivity index (χ3v) is 5.89. The van der Waals surface area contributed by atoms with Gasteiger partial charge in [-0.2, -0.15) is 13.2 Å². The van der Waals surface area contributed by atoms with Gasteiger partial charge in [0.15, 0.2) is 0 Å². The summed E-state index contributed by atoms with van der Waals surface area (Å²) in [6, 6.07) is 9.76. The Kier molecular flexibility index (Phi) is 6.11. The van der Waals surface area contributed by atoms with E-state index < -0.39 is 23.0 Å². The quantitative estimate of drug-likeness (QED) is 0.650. The summed E-state index contributed by atoms with van der Waals surface area (Å²) in [6.45, 7) is 4.55. The summed E-state index contributed by atoms with van der Waals surface area (Å²) in [7, 11) is 0. The maximum Gasteiger partial charge on any atom is 0.416 e. The standard InChI is InChI=1S/C23H23F3N4O3/c1-2-30-21(32)18-8-5-16(13-19(18)27-22(30)33)20(31)29-11-9-28(10-12-29)14-15-3-6-17(7-4-15)23(24,25)26/h3-8,13H,2,9-12,14H2,1H3,(H,27,33). The normalized spacial score (nSPS) is 15.2. The lowest BCUT2D eigenvalue weighted by Crippen LogP contribution is -2.48. The average molecular weight is 460 g/mol. The Morgan fingerprint density at radius 2 is 1.67 bits per heavy atom. The highest BCUT2D eigenvalue weighted by Crippen LogP contribution is 2.29. The Labute approximate surface area is 187 Å². The highest BCUT2D eigenvalue weighted by molar-refractivity contribution is 5.97. The number of nitrogens with one attached hydrogen (secondary N) is 1. The van der Waals surface area contributed by atoms with Gasteiger partial charge >= 0.3 is 11.9 Å². The zero-order valence-electron chi connectivity index (χ0n) is 18.0. The van der Waals surface area contributed by atoms with Crippen LogP contribution in [0, 0.1) is 0 Å². The lowest BCUT2D eigenvalue weighted by molar-refractivity contribution is -0.137. The number of alkyl halides is 3. The van der Waals surface area contributed by atoms with Crippen LogP contribution in [0.25, 0.3) is 10.9 Å². The molecule has 1 aliphatic rings. The van der Waals surface area contributed by atoms with Gasteiger partial charge in [-0.1, -0.05) is 12.1 Å². The van der Waals surface area contributed by atoms with Crippen molar-refractivity contribution in [2.75, 3.05) is 26.2 Å². The molecule has 0 aliphatic carbocycles. The van der Waals surface area contributed by atoms with Crippen molar-refractivity contribution in [1.82, 2.24) is 19.4 Å². The number of fused-ring (bicyclic) bond motifs is 1. The van der Waals surface area contributed by atoms with Crippen LogP contribution in [0.1, 0.15) is 28.4 Å². The Hall–Kier alpha value is -3.40. The van der Waals surface area contributed by atoms with Crippen LogP contribution in [-0.2, 0) is 19.3 Å². The smallest absolute Gasteiger partial charge is 0.336 e. The summed E-state index contributed by atoms with van der Waals surface area (Å²) >= 11 is 0. The minimum absolute atomic E-state index is 0.202. The fourth-order valence-electron chi connectivity index (χ4n) is 4.02. The molecule has 1 saturated heterocycles. The van der Waals surface area contributed by atoms with Crippen LogP contribution in [0.4, 0.5) is 13.2 Å². The number of piperazine rings is 1. The molecule has 0 radical (unpaired) electrons. The van der Waals surface area contributed by atoms with Crippen LogP contribution >= 0.6 is 0 Å². The number of hydrogen-bond donors (Lipinski definition) is 1. The predicted molar refractivity (Wildman–Crippen MR) is 117 cm³/mol. The number of halogens is 3. The second-order valence-electron chi connectivity index (χ2n) is 8.00. The molecule has 0 atom stereocenters. The van der Waals surface area contributed by atoms with Gasteiger partial charge in [0.05, 0.1) is 16.5 Å². The molecule has 1 amide bonds. The van der Waals surface area contributed by atoms with Crippen molar-refractivity contribution in [3.8, 4) is 0 Å². The molecule has 3 aromatic rings. The third-order valence-electron chi connectivity index (χ3n) is 5.89. The van der Waals surface area contributed by atoms with E-state index in [1.165, 1.54) is 18.2 Å². The zero-order chi connectivity index (χ0) is 23.8. The molecule has 7 nitrogen and oxygen atoms in total. The van der Waals surface area contributed by atoms with Crippen LogP contribution in [0.15, 0.2) is 52.1 Å². The first-order valence-electron chi connectivity index (χ1n) is 10.6. The minimum atomic E-state index is -4.35. The van der Waals surface area contributed by atoms with E-state index in [9.17, 15) is 27.6 Å². The second-order valence-corrected chi connectivity index (χ2v) is 8.00. The lowest BCUT2D eigenvalue weighted by Gasteiger charge is -2.34. The Morgan fingerprint density at radius 1 is 1.00 bits per heavy atom. The van der Waals surface area contributed by atoms with Crippen LogP contribution in [-0.4, -0.2) is 51.4 Å². The molecule has 2 aromatic carbocycles. The topological polar surface area (TPSA) is 78.4 Å². The van der Waals surface area contributed by atoms with Gasteiger partial charge in [-0.3, -0.25) is 19.1 Å². The molecule has 1 aliphatic heterocycles. The monoisotopic (exact) mass is 460 g/mol. The van der Waals surface area contributed by atoms with Crippen molar-refractivity contribution in [2.24, 2.45) is 0 Å². The van der Waals surface area contributed by atoms with Gasteiger partial charge in [0, 0.05) is 44.8 Å². The fourth-order valence-corrected chi connectivity index (χ4v) is 4.02. The largest absolute Gasteiger partial charge is 0.416 e. The molecule has 10 heteroatoms. The highest BCUT2D eigenvalue weighted by Gasteiger charge is 2.30. The molecule has 0 bridgehead atoms. The molecule has 1 aromatic heterocycles. The Bertz CT molecular complexity index is 1290. The molecular weight excluding hydrogens is 437 g/mol. The van der Waals surface area contributed by atoms with E-state index in [0.717, 1.165) is 22.3 Å². The second kappa shape index (κ2) is 8.86. The highest BCUT2D eigenvalue weighted by atomic mass is 19.4. The Morgan fingerprint density at radius 3 is 2.27 bits per heavy atom. The number of H-pyrrole nitrogens is 1. The summed E-state index contributed by atoms with van der Waals surface area (Å²) in [5.41, 5.74) is -0.112. The number of carbonyl (C=O) groups excluding carboxylic acids is 1. The maximum absolute atomic E-state index is 13.0. The molecule has 0 unspecified atom stereocenters. The van der Waals surface area contributed by atoms with E-state index in [-0.39, 0.29) is 12.5 Å². The molecule has 0 spiro atoms. The average Bonchev–Trinajstić information content (AvgIpc) is 2.79. The molecule has 33 heavy (non-hydrogen) atoms. The first-order valence-corrected chi connectivity index (χ1v) is 10.6. The molecule has 0 saturated carbocycles. The molecular formula is C23H23F3N4O3. The lowest BCUT2D eigenvalue weighted by atomic mass is 10.1. The van der Waals surface area contributed by atoms with E-state index in [4.69, 9.17) is 0 Å². The minimum Gasteiger partial charge on any atom is -0.336 e. The summed E-state index contributed by atoms with van der Waals surface area (Å²) in [5, 5.41) is 0.342. The van der Waals surface area contributed by atoms with Crippen molar-refractivity contribution in [2.45, 2.75) is 26.2 Å². The molecule has 1 fully saturated rings. The maximum atomic E-state index is 13.0. The van der Waals surface area contributed by atoms with Gasteiger partial charge < -0.3 is 9.88 Å². The van der Waals surface area contributed by atoms with Crippen LogP contribution < -0.4 is 11.2 Å².